The second kappa shape index (κ2) is 4.37. The van der Waals surface area contributed by atoms with Gasteiger partial charge in [-0.3, -0.25) is 4.79 Å². The van der Waals surface area contributed by atoms with Crippen molar-refractivity contribution >= 4 is 5.78 Å². The normalized spacial score (nSPS) is 26.8. The summed E-state index contributed by atoms with van der Waals surface area (Å²) in [5.74, 6) is 6.74. The van der Waals surface area contributed by atoms with Crippen molar-refractivity contribution in [3.05, 3.63) is 35.8 Å². The fourth-order valence-electron chi connectivity index (χ4n) is 2.33. The molecule has 0 spiro atoms. The van der Waals surface area contributed by atoms with Crippen LogP contribution in [-0.2, 0) is 9.53 Å². The van der Waals surface area contributed by atoms with Crippen molar-refractivity contribution in [2.45, 2.75) is 19.9 Å². The molecule has 1 aliphatic heterocycles. The summed E-state index contributed by atoms with van der Waals surface area (Å²) in [5.41, 5.74) is 0.741. The maximum Gasteiger partial charge on any atom is 0.163 e. The number of ether oxygens (including phenoxy) is 1. The molecular formula is C13H18N2O2. The van der Waals surface area contributed by atoms with Crippen LogP contribution in [0.5, 0.6) is 0 Å². The molecule has 2 aliphatic rings. The van der Waals surface area contributed by atoms with Crippen LogP contribution in [-0.4, -0.2) is 23.9 Å². The molecule has 17 heavy (non-hydrogen) atoms. The molecule has 2 N–H and O–H groups in total. The van der Waals surface area contributed by atoms with Crippen molar-refractivity contribution in [3.63, 3.8) is 0 Å². The maximum absolute atomic E-state index is 12.1. The number of allylic oxidation sites excluding steroid dienone is 2. The Morgan fingerprint density at radius 3 is 2.82 bits per heavy atom. The average Bonchev–Trinajstić information content (AvgIpc) is 2.66. The molecular weight excluding hydrogens is 216 g/mol. The van der Waals surface area contributed by atoms with E-state index in [4.69, 9.17) is 10.6 Å². The van der Waals surface area contributed by atoms with Crippen LogP contribution in [0, 0.1) is 11.8 Å². The van der Waals surface area contributed by atoms with E-state index in [1.807, 2.05) is 32.1 Å². The number of nitrogens with two attached hydrogens (primary N) is 1. The van der Waals surface area contributed by atoms with Gasteiger partial charge in [0.15, 0.2) is 5.78 Å². The van der Waals surface area contributed by atoms with Gasteiger partial charge >= 0.3 is 0 Å². The number of Topliss-reactive ketones (excluding diaryl/α,β-unsaturated/α-hetero) is 1. The van der Waals surface area contributed by atoms with Gasteiger partial charge in [0.25, 0.3) is 0 Å². The third-order valence-corrected chi connectivity index (χ3v) is 3.23. The molecule has 0 amide bonds. The van der Waals surface area contributed by atoms with Crippen molar-refractivity contribution in [1.82, 2.24) is 5.01 Å². The Labute approximate surface area is 101 Å². The van der Waals surface area contributed by atoms with Gasteiger partial charge in [-0.2, -0.15) is 0 Å². The lowest BCUT2D eigenvalue weighted by molar-refractivity contribution is -0.118. The van der Waals surface area contributed by atoms with E-state index in [-0.39, 0.29) is 23.7 Å². The zero-order valence-electron chi connectivity index (χ0n) is 10.4. The fourth-order valence-corrected chi connectivity index (χ4v) is 2.33. The third-order valence-electron chi connectivity index (χ3n) is 3.23. The van der Waals surface area contributed by atoms with E-state index in [2.05, 4.69) is 0 Å². The first-order valence-electron chi connectivity index (χ1n) is 5.77. The first kappa shape index (κ1) is 11.9. The topological polar surface area (TPSA) is 55.6 Å². The molecule has 1 aliphatic carbocycles. The van der Waals surface area contributed by atoms with E-state index in [9.17, 15) is 4.79 Å². The third kappa shape index (κ3) is 1.89. The van der Waals surface area contributed by atoms with Gasteiger partial charge in [0, 0.05) is 17.7 Å². The second-order valence-corrected chi connectivity index (χ2v) is 4.68. The van der Waals surface area contributed by atoms with E-state index >= 15 is 0 Å². The summed E-state index contributed by atoms with van der Waals surface area (Å²) in [6.07, 6.45) is 7.53. The molecule has 0 bridgehead atoms. The summed E-state index contributed by atoms with van der Waals surface area (Å²) in [5, 5.41) is 1.59. The minimum Gasteiger partial charge on any atom is -0.500 e. The van der Waals surface area contributed by atoms with Crippen LogP contribution in [0.4, 0.5) is 0 Å². The van der Waals surface area contributed by atoms with E-state index in [0.29, 0.717) is 0 Å². The number of methoxy groups -OCH3 is 1. The molecule has 2 unspecified atom stereocenters. The highest BCUT2D eigenvalue weighted by molar-refractivity contribution is 5.98. The summed E-state index contributed by atoms with van der Waals surface area (Å²) < 4.78 is 5.35. The van der Waals surface area contributed by atoms with Crippen molar-refractivity contribution in [3.8, 4) is 0 Å². The van der Waals surface area contributed by atoms with E-state index < -0.39 is 0 Å². The van der Waals surface area contributed by atoms with Crippen LogP contribution in [0.25, 0.3) is 0 Å². The van der Waals surface area contributed by atoms with E-state index in [1.165, 1.54) is 0 Å². The Hall–Kier alpha value is -1.55. The smallest absolute Gasteiger partial charge is 0.163 e. The number of ketones is 1. The quantitative estimate of drug-likeness (QED) is 0.749. The highest BCUT2D eigenvalue weighted by Gasteiger charge is 2.40. The SMILES string of the molecule is COC1=CC=CC2C1C(C(=O)C(C)C)=CN2N. The number of carbonyl (C=O) groups is 1. The van der Waals surface area contributed by atoms with Gasteiger partial charge < -0.3 is 9.75 Å². The molecule has 4 nitrogen and oxygen atoms in total. The molecule has 1 heterocycles. The van der Waals surface area contributed by atoms with Gasteiger partial charge in [-0.25, -0.2) is 5.84 Å². The Bertz CT molecular complexity index is 421. The summed E-state index contributed by atoms with van der Waals surface area (Å²) in [4.78, 5) is 12.1. The number of hydrogen-bond donors (Lipinski definition) is 1. The largest absolute Gasteiger partial charge is 0.500 e. The molecule has 0 saturated heterocycles. The van der Waals surface area contributed by atoms with Gasteiger partial charge in [-0.15, -0.1) is 0 Å². The number of hydrazine groups is 1. The number of hydrogen-bond acceptors (Lipinski definition) is 4. The molecule has 2 atom stereocenters. The minimum absolute atomic E-state index is 0.00681. The van der Waals surface area contributed by atoms with Gasteiger partial charge in [-0.05, 0) is 6.08 Å². The molecule has 0 aromatic heterocycles. The second-order valence-electron chi connectivity index (χ2n) is 4.68. The molecule has 0 aromatic carbocycles. The Kier molecular flexibility index (Phi) is 3.07. The number of carbonyl (C=O) groups excluding carboxylic acids is 1. The lowest BCUT2D eigenvalue weighted by Crippen LogP contribution is -2.38. The first-order valence-corrected chi connectivity index (χ1v) is 5.77. The standard InChI is InChI=1S/C13H18N2O2/c1-8(2)13(16)9-7-15(14)10-5-4-6-11(17-3)12(9)10/h4-8,10,12H,14H2,1-3H3. The predicted octanol–water partition coefficient (Wildman–Crippen LogP) is 1.37. The summed E-state index contributed by atoms with van der Waals surface area (Å²) in [7, 11) is 1.62. The van der Waals surface area contributed by atoms with Crippen molar-refractivity contribution in [2.75, 3.05) is 7.11 Å². The Morgan fingerprint density at radius 2 is 2.24 bits per heavy atom. The minimum atomic E-state index is -0.0649. The summed E-state index contributed by atoms with van der Waals surface area (Å²) in [6, 6.07) is -0.00681. The van der Waals surface area contributed by atoms with Crippen LogP contribution in [0.3, 0.4) is 0 Å². The average molecular weight is 234 g/mol. The molecule has 4 heteroatoms. The van der Waals surface area contributed by atoms with Crippen LogP contribution >= 0.6 is 0 Å². The van der Waals surface area contributed by atoms with Crippen LogP contribution in [0.15, 0.2) is 35.8 Å². The number of rotatable bonds is 3. The van der Waals surface area contributed by atoms with Gasteiger partial charge in [0.05, 0.1) is 19.1 Å². The molecule has 0 radical (unpaired) electrons. The highest BCUT2D eigenvalue weighted by Crippen LogP contribution is 2.37. The predicted molar refractivity (Wildman–Crippen MR) is 65.5 cm³/mol. The zero-order chi connectivity index (χ0) is 12.6. The van der Waals surface area contributed by atoms with E-state index in [0.717, 1.165) is 11.3 Å². The lowest BCUT2D eigenvalue weighted by Gasteiger charge is -2.27. The Morgan fingerprint density at radius 1 is 1.53 bits per heavy atom. The van der Waals surface area contributed by atoms with Crippen LogP contribution in [0.1, 0.15) is 13.8 Å². The van der Waals surface area contributed by atoms with E-state index in [1.54, 1.807) is 18.3 Å². The number of nitrogens with zero attached hydrogens (tertiary/aromatic N) is 1. The van der Waals surface area contributed by atoms with Crippen molar-refractivity contribution in [1.29, 1.82) is 0 Å². The van der Waals surface area contributed by atoms with Crippen LogP contribution in [0.2, 0.25) is 0 Å². The summed E-state index contributed by atoms with van der Waals surface area (Å²) >= 11 is 0. The molecule has 92 valence electrons. The fraction of sp³-hybridized carbons (Fsp3) is 0.462. The monoisotopic (exact) mass is 234 g/mol. The molecule has 0 aromatic rings. The van der Waals surface area contributed by atoms with Gasteiger partial charge in [0.1, 0.15) is 5.76 Å². The van der Waals surface area contributed by atoms with Crippen molar-refractivity contribution < 1.29 is 9.53 Å². The first-order chi connectivity index (χ1) is 8.06. The van der Waals surface area contributed by atoms with Crippen molar-refractivity contribution in [2.24, 2.45) is 17.7 Å². The molecule has 0 fully saturated rings. The molecule has 0 saturated carbocycles. The maximum atomic E-state index is 12.1. The highest BCUT2D eigenvalue weighted by atomic mass is 16.5. The van der Waals surface area contributed by atoms with Gasteiger partial charge in [-0.1, -0.05) is 26.0 Å². The lowest BCUT2D eigenvalue weighted by atomic mass is 9.84. The Balaban J connectivity index is 2.35. The summed E-state index contributed by atoms with van der Waals surface area (Å²) in [6.45, 7) is 3.79. The van der Waals surface area contributed by atoms with Crippen LogP contribution < -0.4 is 5.84 Å². The van der Waals surface area contributed by atoms with Gasteiger partial charge in [0.2, 0.25) is 0 Å². The zero-order valence-corrected chi connectivity index (χ0v) is 10.4. The number of fused-ring (bicyclic) bond motifs is 1. The molecule has 2 rings (SSSR count).